The minimum atomic E-state index is -0.437. The molecule has 1 heterocycles. The Morgan fingerprint density at radius 2 is 1.92 bits per heavy atom. The van der Waals surface area contributed by atoms with Crippen LogP contribution in [0, 0.1) is 21.4 Å². The number of nitro groups is 1. The molecule has 0 saturated carbocycles. The SMILES string of the molecule is N#Cc1ccc(NC2CCN(Cc3ccccc3)CC2)c([N+](=O)[O-])c1. The van der Waals surface area contributed by atoms with Gasteiger partial charge in [-0.25, -0.2) is 0 Å². The van der Waals surface area contributed by atoms with E-state index in [-0.39, 0.29) is 11.7 Å². The number of hydrogen-bond donors (Lipinski definition) is 1. The number of nitro benzene ring substituents is 1. The lowest BCUT2D eigenvalue weighted by molar-refractivity contribution is -0.384. The average molecular weight is 336 g/mol. The van der Waals surface area contributed by atoms with Crippen LogP contribution in [0.1, 0.15) is 24.0 Å². The lowest BCUT2D eigenvalue weighted by Gasteiger charge is -2.32. The van der Waals surface area contributed by atoms with Crippen molar-refractivity contribution >= 4 is 11.4 Å². The summed E-state index contributed by atoms with van der Waals surface area (Å²) in [4.78, 5) is 13.2. The van der Waals surface area contributed by atoms with Gasteiger partial charge in [0.25, 0.3) is 5.69 Å². The fourth-order valence-corrected chi connectivity index (χ4v) is 3.17. The predicted octanol–water partition coefficient (Wildman–Crippen LogP) is 3.54. The number of nitrogens with one attached hydrogen (secondary N) is 1. The van der Waals surface area contributed by atoms with Crippen molar-refractivity contribution in [2.45, 2.75) is 25.4 Å². The second kappa shape index (κ2) is 7.77. The zero-order valence-electron chi connectivity index (χ0n) is 13.9. The van der Waals surface area contributed by atoms with Crippen LogP contribution in [-0.4, -0.2) is 29.0 Å². The second-order valence-electron chi connectivity index (χ2n) is 6.28. The molecule has 3 rings (SSSR count). The first kappa shape index (κ1) is 16.9. The predicted molar refractivity (Wildman–Crippen MR) is 96.2 cm³/mol. The molecule has 1 saturated heterocycles. The summed E-state index contributed by atoms with van der Waals surface area (Å²) in [5, 5.41) is 23.4. The summed E-state index contributed by atoms with van der Waals surface area (Å²) in [7, 11) is 0. The molecule has 0 aliphatic carbocycles. The Morgan fingerprint density at radius 1 is 1.20 bits per heavy atom. The fraction of sp³-hybridized carbons (Fsp3) is 0.316. The maximum Gasteiger partial charge on any atom is 0.293 e. The Balaban J connectivity index is 1.59. The van der Waals surface area contributed by atoms with E-state index in [1.807, 2.05) is 24.3 Å². The first-order chi connectivity index (χ1) is 12.2. The molecule has 0 amide bonds. The van der Waals surface area contributed by atoms with Gasteiger partial charge in [0, 0.05) is 31.7 Å². The number of anilines is 1. The van der Waals surface area contributed by atoms with Gasteiger partial charge in [-0.3, -0.25) is 15.0 Å². The Labute approximate surface area is 146 Å². The lowest BCUT2D eigenvalue weighted by Crippen LogP contribution is -2.38. The monoisotopic (exact) mass is 336 g/mol. The van der Waals surface area contributed by atoms with Crippen LogP contribution < -0.4 is 5.32 Å². The van der Waals surface area contributed by atoms with Gasteiger partial charge in [0.1, 0.15) is 5.69 Å². The maximum atomic E-state index is 11.2. The minimum absolute atomic E-state index is 0.0363. The quantitative estimate of drug-likeness (QED) is 0.667. The first-order valence-corrected chi connectivity index (χ1v) is 8.37. The third-order valence-electron chi connectivity index (χ3n) is 4.52. The highest BCUT2D eigenvalue weighted by Crippen LogP contribution is 2.28. The highest BCUT2D eigenvalue weighted by molar-refractivity contribution is 5.64. The van der Waals surface area contributed by atoms with Gasteiger partial charge in [-0.2, -0.15) is 5.26 Å². The minimum Gasteiger partial charge on any atom is -0.377 e. The Kier molecular flexibility index (Phi) is 5.26. The standard InChI is InChI=1S/C19H20N4O2/c20-13-16-6-7-18(19(12-16)23(24)25)21-17-8-10-22(11-9-17)14-15-4-2-1-3-5-15/h1-7,12,17,21H,8-11,14H2. The van der Waals surface area contributed by atoms with E-state index in [9.17, 15) is 10.1 Å². The third-order valence-corrected chi connectivity index (χ3v) is 4.52. The van der Waals surface area contributed by atoms with Gasteiger partial charge in [-0.1, -0.05) is 30.3 Å². The molecule has 6 heteroatoms. The van der Waals surface area contributed by atoms with Crippen LogP contribution in [0.4, 0.5) is 11.4 Å². The van der Waals surface area contributed by atoms with E-state index in [0.29, 0.717) is 11.3 Å². The van der Waals surface area contributed by atoms with Crippen molar-refractivity contribution in [2.75, 3.05) is 18.4 Å². The molecule has 1 N–H and O–H groups in total. The summed E-state index contributed by atoms with van der Waals surface area (Å²) < 4.78 is 0. The molecular formula is C19H20N4O2. The number of piperidine rings is 1. The second-order valence-corrected chi connectivity index (χ2v) is 6.28. The maximum absolute atomic E-state index is 11.2. The van der Waals surface area contributed by atoms with Crippen molar-refractivity contribution in [1.29, 1.82) is 5.26 Å². The first-order valence-electron chi connectivity index (χ1n) is 8.37. The van der Waals surface area contributed by atoms with Gasteiger partial charge >= 0.3 is 0 Å². The molecule has 6 nitrogen and oxygen atoms in total. The van der Waals surface area contributed by atoms with E-state index in [0.717, 1.165) is 32.5 Å². The van der Waals surface area contributed by atoms with Crippen LogP contribution in [0.2, 0.25) is 0 Å². The molecule has 0 aromatic heterocycles. The van der Waals surface area contributed by atoms with E-state index >= 15 is 0 Å². The van der Waals surface area contributed by atoms with E-state index in [2.05, 4.69) is 22.3 Å². The van der Waals surface area contributed by atoms with Crippen LogP contribution >= 0.6 is 0 Å². The lowest BCUT2D eigenvalue weighted by atomic mass is 10.0. The smallest absolute Gasteiger partial charge is 0.293 e. The van der Waals surface area contributed by atoms with Crippen LogP contribution in [0.15, 0.2) is 48.5 Å². The number of likely N-dealkylation sites (tertiary alicyclic amines) is 1. The molecule has 2 aromatic carbocycles. The zero-order chi connectivity index (χ0) is 17.6. The number of nitriles is 1. The zero-order valence-corrected chi connectivity index (χ0v) is 13.9. The molecule has 1 aliphatic rings. The molecule has 128 valence electrons. The molecule has 1 aliphatic heterocycles. The van der Waals surface area contributed by atoms with Gasteiger partial charge in [-0.15, -0.1) is 0 Å². The van der Waals surface area contributed by atoms with E-state index in [1.54, 1.807) is 12.1 Å². The molecule has 0 atom stereocenters. The van der Waals surface area contributed by atoms with Crippen molar-refractivity contribution in [3.8, 4) is 6.07 Å². The van der Waals surface area contributed by atoms with Gasteiger partial charge in [-0.05, 0) is 30.5 Å². The van der Waals surface area contributed by atoms with Crippen LogP contribution in [0.5, 0.6) is 0 Å². The fourth-order valence-electron chi connectivity index (χ4n) is 3.17. The molecule has 0 spiro atoms. The highest BCUT2D eigenvalue weighted by Gasteiger charge is 2.22. The summed E-state index contributed by atoms with van der Waals surface area (Å²) in [5.41, 5.74) is 2.06. The van der Waals surface area contributed by atoms with Crippen LogP contribution in [-0.2, 0) is 6.54 Å². The van der Waals surface area contributed by atoms with Crippen molar-refractivity contribution < 1.29 is 4.92 Å². The van der Waals surface area contributed by atoms with Crippen molar-refractivity contribution in [3.05, 3.63) is 69.8 Å². The number of rotatable bonds is 5. The van der Waals surface area contributed by atoms with Crippen LogP contribution in [0.25, 0.3) is 0 Å². The normalized spacial score (nSPS) is 15.5. The number of benzene rings is 2. The molecule has 0 radical (unpaired) electrons. The van der Waals surface area contributed by atoms with Gasteiger partial charge < -0.3 is 5.32 Å². The van der Waals surface area contributed by atoms with E-state index < -0.39 is 4.92 Å². The van der Waals surface area contributed by atoms with Gasteiger partial charge in [0.05, 0.1) is 16.6 Å². The molecule has 0 bridgehead atoms. The van der Waals surface area contributed by atoms with E-state index in [1.165, 1.54) is 11.6 Å². The molecular weight excluding hydrogens is 316 g/mol. The third kappa shape index (κ3) is 4.34. The molecule has 2 aromatic rings. The van der Waals surface area contributed by atoms with Crippen molar-refractivity contribution in [3.63, 3.8) is 0 Å². The summed E-state index contributed by atoms with van der Waals surface area (Å²) in [5.74, 6) is 0. The van der Waals surface area contributed by atoms with Crippen molar-refractivity contribution in [2.24, 2.45) is 0 Å². The highest BCUT2D eigenvalue weighted by atomic mass is 16.6. The summed E-state index contributed by atoms with van der Waals surface area (Å²) >= 11 is 0. The van der Waals surface area contributed by atoms with Crippen LogP contribution in [0.3, 0.4) is 0 Å². The number of nitrogens with zero attached hydrogens (tertiary/aromatic N) is 3. The van der Waals surface area contributed by atoms with Crippen molar-refractivity contribution in [1.82, 2.24) is 4.90 Å². The van der Waals surface area contributed by atoms with E-state index in [4.69, 9.17) is 5.26 Å². The molecule has 0 unspecified atom stereocenters. The topological polar surface area (TPSA) is 82.2 Å². The van der Waals surface area contributed by atoms with Gasteiger partial charge in [0.2, 0.25) is 0 Å². The Morgan fingerprint density at radius 3 is 2.56 bits per heavy atom. The van der Waals surface area contributed by atoms with Gasteiger partial charge in [0.15, 0.2) is 0 Å². The summed E-state index contributed by atoms with van der Waals surface area (Å²) in [6.07, 6.45) is 1.87. The summed E-state index contributed by atoms with van der Waals surface area (Å²) in [6, 6.07) is 17.1. The Bertz CT molecular complexity index is 778. The number of hydrogen-bond acceptors (Lipinski definition) is 5. The largest absolute Gasteiger partial charge is 0.377 e. The molecule has 1 fully saturated rings. The Hall–Kier alpha value is -2.91. The summed E-state index contributed by atoms with van der Waals surface area (Å²) in [6.45, 7) is 2.85. The average Bonchev–Trinajstić information content (AvgIpc) is 2.64. The molecule has 25 heavy (non-hydrogen) atoms.